The molecule has 3 N–H and O–H groups in total. The lowest BCUT2D eigenvalue weighted by Gasteiger charge is -2.16. The van der Waals surface area contributed by atoms with E-state index in [-0.39, 0.29) is 24.8 Å². The van der Waals surface area contributed by atoms with Gasteiger partial charge in [0.25, 0.3) is 0 Å². The summed E-state index contributed by atoms with van der Waals surface area (Å²) in [7, 11) is 0. The average molecular weight is 284 g/mol. The Bertz CT molecular complexity index is 349. The van der Waals surface area contributed by atoms with Crippen molar-refractivity contribution in [3.05, 3.63) is 0 Å². The fraction of sp³-hybridized carbons (Fsp3) is 0.786. The zero-order valence-electron chi connectivity index (χ0n) is 12.0. The van der Waals surface area contributed by atoms with E-state index in [1.165, 1.54) is 12.8 Å². The van der Waals surface area contributed by atoms with Gasteiger partial charge in [-0.05, 0) is 18.8 Å². The van der Waals surface area contributed by atoms with Gasteiger partial charge in [-0.3, -0.25) is 14.9 Å². The molecule has 0 saturated heterocycles. The molecule has 0 heterocycles. The van der Waals surface area contributed by atoms with Crippen molar-refractivity contribution in [2.45, 2.75) is 64.3 Å². The van der Waals surface area contributed by atoms with Gasteiger partial charge in [0, 0.05) is 18.9 Å². The smallest absolute Gasteiger partial charge is 0.321 e. The van der Waals surface area contributed by atoms with E-state index >= 15 is 0 Å². The molecule has 20 heavy (non-hydrogen) atoms. The quantitative estimate of drug-likeness (QED) is 0.673. The number of hydrogen-bond donors (Lipinski definition) is 3. The number of aliphatic carboxylic acids is 1. The molecule has 0 aromatic heterocycles. The van der Waals surface area contributed by atoms with Gasteiger partial charge in [-0.25, -0.2) is 4.79 Å². The Balaban J connectivity index is 2.26. The summed E-state index contributed by atoms with van der Waals surface area (Å²) in [5.41, 5.74) is 0. The highest BCUT2D eigenvalue weighted by Crippen LogP contribution is 2.17. The van der Waals surface area contributed by atoms with Crippen LogP contribution in [-0.2, 0) is 9.59 Å². The minimum Gasteiger partial charge on any atom is -0.481 e. The number of imide groups is 1. The third-order valence-corrected chi connectivity index (χ3v) is 3.50. The Morgan fingerprint density at radius 1 is 1.10 bits per heavy atom. The van der Waals surface area contributed by atoms with Crippen LogP contribution in [0.3, 0.4) is 0 Å². The van der Waals surface area contributed by atoms with Gasteiger partial charge in [0.2, 0.25) is 5.91 Å². The number of nitrogens with one attached hydrogen (secondary N) is 2. The molecule has 6 heteroatoms. The summed E-state index contributed by atoms with van der Waals surface area (Å²) < 4.78 is 0. The highest BCUT2D eigenvalue weighted by Gasteiger charge is 2.18. The molecule has 0 radical (unpaired) electrons. The molecule has 3 amide bonds. The van der Waals surface area contributed by atoms with Crippen molar-refractivity contribution in [1.29, 1.82) is 0 Å². The SMILES string of the molecule is CC(CC(=O)O)CC(=O)NC(=O)NC1CCCCCC1. The molecule has 0 aromatic rings. The number of carboxylic acids is 1. The third-order valence-electron chi connectivity index (χ3n) is 3.50. The van der Waals surface area contributed by atoms with Crippen molar-refractivity contribution in [1.82, 2.24) is 10.6 Å². The minimum absolute atomic E-state index is 0.0460. The van der Waals surface area contributed by atoms with Crippen LogP contribution >= 0.6 is 0 Å². The van der Waals surface area contributed by atoms with E-state index < -0.39 is 17.9 Å². The van der Waals surface area contributed by atoms with E-state index in [2.05, 4.69) is 10.6 Å². The molecule has 1 unspecified atom stereocenters. The second-order valence-electron chi connectivity index (χ2n) is 5.62. The maximum Gasteiger partial charge on any atom is 0.321 e. The normalized spacial score (nSPS) is 17.9. The van der Waals surface area contributed by atoms with Gasteiger partial charge in [0.1, 0.15) is 0 Å². The summed E-state index contributed by atoms with van der Waals surface area (Å²) in [6.07, 6.45) is 6.50. The van der Waals surface area contributed by atoms with Gasteiger partial charge in [0.15, 0.2) is 0 Å². The van der Waals surface area contributed by atoms with Crippen LogP contribution in [0.15, 0.2) is 0 Å². The first-order valence-electron chi connectivity index (χ1n) is 7.29. The summed E-state index contributed by atoms with van der Waals surface area (Å²) in [5.74, 6) is -1.64. The van der Waals surface area contributed by atoms with Crippen LogP contribution in [0.4, 0.5) is 4.79 Å². The van der Waals surface area contributed by atoms with Crippen molar-refractivity contribution in [3.8, 4) is 0 Å². The highest BCUT2D eigenvalue weighted by atomic mass is 16.4. The second-order valence-corrected chi connectivity index (χ2v) is 5.62. The maximum atomic E-state index is 11.7. The lowest BCUT2D eigenvalue weighted by atomic mass is 10.0. The molecule has 0 bridgehead atoms. The van der Waals surface area contributed by atoms with Crippen LogP contribution in [0.2, 0.25) is 0 Å². The number of hydrogen-bond acceptors (Lipinski definition) is 3. The summed E-state index contributed by atoms with van der Waals surface area (Å²) in [6.45, 7) is 1.68. The van der Waals surface area contributed by atoms with Gasteiger partial charge in [-0.2, -0.15) is 0 Å². The van der Waals surface area contributed by atoms with E-state index in [1.54, 1.807) is 6.92 Å². The van der Waals surface area contributed by atoms with E-state index in [4.69, 9.17) is 5.11 Å². The van der Waals surface area contributed by atoms with Crippen LogP contribution in [0.25, 0.3) is 0 Å². The standard InChI is InChI=1S/C14H24N2O4/c1-10(9-13(18)19)8-12(17)16-14(20)15-11-6-4-2-3-5-7-11/h10-11H,2-9H2,1H3,(H,18,19)(H2,15,16,17,20). The van der Waals surface area contributed by atoms with Crippen molar-refractivity contribution in [2.75, 3.05) is 0 Å². The van der Waals surface area contributed by atoms with Crippen molar-refractivity contribution >= 4 is 17.9 Å². The minimum atomic E-state index is -0.937. The number of carbonyl (C=O) groups is 3. The monoisotopic (exact) mass is 284 g/mol. The van der Waals surface area contributed by atoms with Crippen LogP contribution in [0, 0.1) is 5.92 Å². The Hall–Kier alpha value is -1.59. The Labute approximate surface area is 119 Å². The summed E-state index contributed by atoms with van der Waals surface area (Å²) in [6, 6.07) is -0.328. The van der Waals surface area contributed by atoms with Gasteiger partial charge in [-0.1, -0.05) is 32.6 Å². The van der Waals surface area contributed by atoms with Crippen molar-refractivity contribution < 1.29 is 19.5 Å². The number of urea groups is 1. The largest absolute Gasteiger partial charge is 0.481 e. The second kappa shape index (κ2) is 8.55. The molecule has 1 rings (SSSR count). The molecular formula is C14H24N2O4. The molecule has 6 nitrogen and oxygen atoms in total. The lowest BCUT2D eigenvalue weighted by Crippen LogP contribution is -2.44. The predicted octanol–water partition coefficient (Wildman–Crippen LogP) is 2.04. The molecule has 0 aliphatic heterocycles. The third kappa shape index (κ3) is 7.11. The number of carboxylic acid groups (broad SMARTS) is 1. The Morgan fingerprint density at radius 3 is 2.25 bits per heavy atom. The van der Waals surface area contributed by atoms with E-state index in [0.717, 1.165) is 25.7 Å². The fourth-order valence-electron chi connectivity index (χ4n) is 2.51. The average Bonchev–Trinajstić information content (AvgIpc) is 2.55. The van der Waals surface area contributed by atoms with Gasteiger partial charge < -0.3 is 10.4 Å². The number of rotatable bonds is 5. The molecule has 1 saturated carbocycles. The zero-order chi connectivity index (χ0) is 15.0. The van der Waals surface area contributed by atoms with E-state index in [1.807, 2.05) is 0 Å². The lowest BCUT2D eigenvalue weighted by molar-refractivity contribution is -0.138. The Kier molecular flexibility index (Phi) is 7.04. The molecule has 1 atom stereocenters. The first kappa shape index (κ1) is 16.5. The number of carbonyl (C=O) groups excluding carboxylic acids is 2. The van der Waals surface area contributed by atoms with Crippen LogP contribution in [-0.4, -0.2) is 29.1 Å². The van der Waals surface area contributed by atoms with Crippen molar-refractivity contribution in [2.24, 2.45) is 5.92 Å². The molecule has 114 valence electrons. The summed E-state index contributed by atoms with van der Waals surface area (Å²) in [5, 5.41) is 13.7. The van der Waals surface area contributed by atoms with Crippen molar-refractivity contribution in [3.63, 3.8) is 0 Å². The molecule has 1 fully saturated rings. The van der Waals surface area contributed by atoms with Gasteiger partial charge >= 0.3 is 12.0 Å². The Morgan fingerprint density at radius 2 is 1.70 bits per heavy atom. The molecule has 0 spiro atoms. The highest BCUT2D eigenvalue weighted by molar-refractivity contribution is 5.94. The fourth-order valence-corrected chi connectivity index (χ4v) is 2.51. The van der Waals surface area contributed by atoms with Gasteiger partial charge in [0.05, 0.1) is 0 Å². The van der Waals surface area contributed by atoms with E-state index in [0.29, 0.717) is 0 Å². The first-order valence-corrected chi connectivity index (χ1v) is 7.29. The van der Waals surface area contributed by atoms with Crippen LogP contribution in [0.1, 0.15) is 58.3 Å². The van der Waals surface area contributed by atoms with Crippen LogP contribution in [0.5, 0.6) is 0 Å². The topological polar surface area (TPSA) is 95.5 Å². The predicted molar refractivity (Wildman–Crippen MR) is 74.2 cm³/mol. The first-order chi connectivity index (χ1) is 9.47. The van der Waals surface area contributed by atoms with Gasteiger partial charge in [-0.15, -0.1) is 0 Å². The maximum absolute atomic E-state index is 11.7. The molecular weight excluding hydrogens is 260 g/mol. The van der Waals surface area contributed by atoms with E-state index in [9.17, 15) is 14.4 Å². The molecule has 1 aliphatic rings. The van der Waals surface area contributed by atoms with Crippen LogP contribution < -0.4 is 10.6 Å². The summed E-state index contributed by atoms with van der Waals surface area (Å²) in [4.78, 5) is 33.8. The number of amides is 3. The molecule has 0 aromatic carbocycles. The molecule has 1 aliphatic carbocycles. The zero-order valence-corrected chi connectivity index (χ0v) is 12.0. The summed E-state index contributed by atoms with van der Waals surface area (Å²) >= 11 is 0.